The number of hydrogen-bond donors (Lipinski definition) is 0. The molecule has 1 saturated heterocycles. The first-order valence-electron chi connectivity index (χ1n) is 6.64. The summed E-state index contributed by atoms with van der Waals surface area (Å²) in [6.07, 6.45) is 4.79. The van der Waals surface area contributed by atoms with Crippen molar-refractivity contribution >= 4 is 41.2 Å². The van der Waals surface area contributed by atoms with Crippen LogP contribution in [0.1, 0.15) is 18.4 Å². The minimum atomic E-state index is -0.575. The molecule has 0 aromatic heterocycles. The van der Waals surface area contributed by atoms with Gasteiger partial charge in [-0.3, -0.25) is 4.79 Å². The molecule has 6 heteroatoms. The lowest BCUT2D eigenvalue weighted by atomic mass is 10.2. The van der Waals surface area contributed by atoms with Crippen molar-refractivity contribution in [2.75, 3.05) is 19.7 Å². The Morgan fingerprint density at radius 1 is 1.24 bits per heavy atom. The van der Waals surface area contributed by atoms with Crippen LogP contribution in [0.15, 0.2) is 24.3 Å². The van der Waals surface area contributed by atoms with Crippen molar-refractivity contribution in [3.63, 3.8) is 0 Å². The minimum Gasteiger partial charge on any atom is -0.452 e. The summed E-state index contributed by atoms with van der Waals surface area (Å²) in [6.45, 7) is 1.26. The topological polar surface area (TPSA) is 46.6 Å². The van der Waals surface area contributed by atoms with E-state index in [1.165, 1.54) is 12.2 Å². The predicted octanol–water partition coefficient (Wildman–Crippen LogP) is 3.17. The van der Waals surface area contributed by atoms with Gasteiger partial charge in [-0.15, -0.1) is 0 Å². The molecule has 0 saturated carbocycles. The average Bonchev–Trinajstić information content (AvgIpc) is 2.98. The second-order valence-corrected chi connectivity index (χ2v) is 5.54. The van der Waals surface area contributed by atoms with Gasteiger partial charge >= 0.3 is 5.97 Å². The van der Waals surface area contributed by atoms with Crippen LogP contribution < -0.4 is 0 Å². The molecule has 0 unspecified atom stereocenters. The lowest BCUT2D eigenvalue weighted by Gasteiger charge is -2.14. The van der Waals surface area contributed by atoms with E-state index in [9.17, 15) is 9.59 Å². The van der Waals surface area contributed by atoms with Crippen LogP contribution in [0.4, 0.5) is 0 Å². The van der Waals surface area contributed by atoms with Crippen molar-refractivity contribution in [1.82, 2.24) is 4.90 Å². The molecular weight excluding hydrogens is 313 g/mol. The maximum Gasteiger partial charge on any atom is 0.331 e. The van der Waals surface area contributed by atoms with Gasteiger partial charge in [-0.05, 0) is 36.6 Å². The molecule has 0 atom stereocenters. The quantitative estimate of drug-likeness (QED) is 0.630. The summed E-state index contributed by atoms with van der Waals surface area (Å²) in [5.41, 5.74) is 0.656. The second-order valence-electron chi connectivity index (χ2n) is 4.69. The molecule has 1 fully saturated rings. The standard InChI is InChI=1S/C15H15Cl2NO3/c16-12-5-3-11(13(17)9-12)4-6-15(20)21-10-14(19)18-7-1-2-8-18/h3-6,9H,1-2,7-8,10H2/b6-4+. The zero-order valence-electron chi connectivity index (χ0n) is 11.4. The van der Waals surface area contributed by atoms with Crippen LogP contribution in [0.5, 0.6) is 0 Å². The number of carbonyl (C=O) groups is 2. The van der Waals surface area contributed by atoms with Gasteiger partial charge in [0, 0.05) is 29.2 Å². The van der Waals surface area contributed by atoms with Gasteiger partial charge < -0.3 is 9.64 Å². The number of hydrogen-bond acceptors (Lipinski definition) is 3. The Hall–Kier alpha value is -1.52. The maximum atomic E-state index is 11.7. The van der Waals surface area contributed by atoms with Crippen LogP contribution >= 0.6 is 23.2 Å². The van der Waals surface area contributed by atoms with Gasteiger partial charge in [0.25, 0.3) is 5.91 Å². The Morgan fingerprint density at radius 2 is 1.95 bits per heavy atom. The number of likely N-dealkylation sites (tertiary alicyclic amines) is 1. The normalized spacial score (nSPS) is 14.7. The fourth-order valence-electron chi connectivity index (χ4n) is 2.03. The van der Waals surface area contributed by atoms with Crippen molar-refractivity contribution < 1.29 is 14.3 Å². The Bertz CT molecular complexity index is 566. The van der Waals surface area contributed by atoms with E-state index in [-0.39, 0.29) is 12.5 Å². The van der Waals surface area contributed by atoms with Gasteiger partial charge in [0.2, 0.25) is 0 Å². The molecule has 1 aliphatic rings. The average molecular weight is 328 g/mol. The summed E-state index contributed by atoms with van der Waals surface area (Å²) in [6, 6.07) is 4.96. The van der Waals surface area contributed by atoms with Crippen LogP contribution in [0.2, 0.25) is 10.0 Å². The van der Waals surface area contributed by atoms with Crippen LogP contribution in [0, 0.1) is 0 Å². The zero-order valence-corrected chi connectivity index (χ0v) is 12.9. The summed E-state index contributed by atoms with van der Waals surface area (Å²) in [5.74, 6) is -0.729. The van der Waals surface area contributed by atoms with E-state index in [1.54, 1.807) is 23.1 Å². The highest BCUT2D eigenvalue weighted by Crippen LogP contribution is 2.21. The largest absolute Gasteiger partial charge is 0.452 e. The summed E-state index contributed by atoms with van der Waals surface area (Å²) in [7, 11) is 0. The molecule has 4 nitrogen and oxygen atoms in total. The van der Waals surface area contributed by atoms with Gasteiger partial charge in [0.1, 0.15) is 0 Å². The molecular formula is C15H15Cl2NO3. The number of amides is 1. The highest BCUT2D eigenvalue weighted by molar-refractivity contribution is 6.35. The summed E-state index contributed by atoms with van der Waals surface area (Å²) in [5, 5.41) is 0.968. The number of ether oxygens (including phenoxy) is 1. The Morgan fingerprint density at radius 3 is 2.62 bits per heavy atom. The number of benzene rings is 1. The zero-order chi connectivity index (χ0) is 15.2. The van der Waals surface area contributed by atoms with E-state index < -0.39 is 5.97 Å². The fourth-order valence-corrected chi connectivity index (χ4v) is 2.50. The minimum absolute atomic E-state index is 0.154. The van der Waals surface area contributed by atoms with E-state index in [0.29, 0.717) is 15.6 Å². The van der Waals surface area contributed by atoms with Gasteiger partial charge in [-0.25, -0.2) is 4.79 Å². The highest BCUT2D eigenvalue weighted by Gasteiger charge is 2.18. The van der Waals surface area contributed by atoms with Gasteiger partial charge in [0.05, 0.1) is 0 Å². The molecule has 0 spiro atoms. The predicted molar refractivity (Wildman–Crippen MR) is 82.3 cm³/mol. The van der Waals surface area contributed by atoms with E-state index in [0.717, 1.165) is 25.9 Å². The molecule has 21 heavy (non-hydrogen) atoms. The van der Waals surface area contributed by atoms with E-state index in [4.69, 9.17) is 27.9 Å². The number of esters is 1. The van der Waals surface area contributed by atoms with Crippen molar-refractivity contribution in [3.05, 3.63) is 39.9 Å². The molecule has 0 radical (unpaired) electrons. The van der Waals surface area contributed by atoms with Gasteiger partial charge in [-0.2, -0.15) is 0 Å². The van der Waals surface area contributed by atoms with E-state index in [2.05, 4.69) is 0 Å². The maximum absolute atomic E-state index is 11.7. The first kappa shape index (κ1) is 15.9. The third-order valence-corrected chi connectivity index (χ3v) is 3.72. The molecule has 0 aliphatic carbocycles. The number of nitrogens with zero attached hydrogens (tertiary/aromatic N) is 1. The third-order valence-electron chi connectivity index (χ3n) is 3.16. The van der Waals surface area contributed by atoms with Crippen LogP contribution in [0.3, 0.4) is 0 Å². The van der Waals surface area contributed by atoms with Crippen LogP contribution in [0.25, 0.3) is 6.08 Å². The monoisotopic (exact) mass is 327 g/mol. The molecule has 1 amide bonds. The highest BCUT2D eigenvalue weighted by atomic mass is 35.5. The van der Waals surface area contributed by atoms with Crippen LogP contribution in [-0.4, -0.2) is 36.5 Å². The number of carbonyl (C=O) groups excluding carboxylic acids is 2. The van der Waals surface area contributed by atoms with Crippen molar-refractivity contribution in [1.29, 1.82) is 0 Å². The lowest BCUT2D eigenvalue weighted by Crippen LogP contribution is -2.31. The first-order chi connectivity index (χ1) is 10.1. The second kappa shape index (κ2) is 7.48. The first-order valence-corrected chi connectivity index (χ1v) is 7.39. The Kier molecular flexibility index (Phi) is 5.65. The molecule has 0 N–H and O–H groups in total. The Labute approximate surface area is 133 Å². The summed E-state index contributed by atoms with van der Waals surface area (Å²) in [4.78, 5) is 25.0. The number of rotatable bonds is 4. The molecule has 1 heterocycles. The molecule has 1 aliphatic heterocycles. The van der Waals surface area contributed by atoms with Crippen molar-refractivity contribution in [2.24, 2.45) is 0 Å². The molecule has 1 aromatic carbocycles. The van der Waals surface area contributed by atoms with Crippen LogP contribution in [-0.2, 0) is 14.3 Å². The number of halogens is 2. The summed E-state index contributed by atoms with van der Waals surface area (Å²) >= 11 is 11.8. The SMILES string of the molecule is O=C(/C=C/c1ccc(Cl)cc1Cl)OCC(=O)N1CCCC1. The molecule has 2 rings (SSSR count). The van der Waals surface area contributed by atoms with Crippen molar-refractivity contribution in [3.8, 4) is 0 Å². The van der Waals surface area contributed by atoms with E-state index in [1.807, 2.05) is 0 Å². The molecule has 1 aromatic rings. The fraction of sp³-hybridized carbons (Fsp3) is 0.333. The van der Waals surface area contributed by atoms with Gasteiger partial charge in [0.15, 0.2) is 6.61 Å². The molecule has 0 bridgehead atoms. The van der Waals surface area contributed by atoms with Crippen molar-refractivity contribution in [2.45, 2.75) is 12.8 Å². The van der Waals surface area contributed by atoms with Gasteiger partial charge in [-0.1, -0.05) is 29.3 Å². The smallest absolute Gasteiger partial charge is 0.331 e. The molecule has 112 valence electrons. The lowest BCUT2D eigenvalue weighted by molar-refractivity contribution is -0.147. The third kappa shape index (κ3) is 4.76. The van der Waals surface area contributed by atoms with E-state index >= 15 is 0 Å². The summed E-state index contributed by atoms with van der Waals surface area (Å²) < 4.78 is 4.92. The Balaban J connectivity index is 1.83.